The van der Waals surface area contributed by atoms with Crippen LogP contribution in [-0.4, -0.2) is 38.1 Å². The van der Waals surface area contributed by atoms with Crippen LogP contribution in [0.3, 0.4) is 0 Å². The van der Waals surface area contributed by atoms with Crippen molar-refractivity contribution in [3.63, 3.8) is 0 Å². The number of hydrogen-bond acceptors (Lipinski definition) is 5. The molecule has 0 aliphatic carbocycles. The molecule has 10 heteroatoms. The fourth-order valence-electron chi connectivity index (χ4n) is 1.42. The molecule has 0 saturated carbocycles. The zero-order chi connectivity index (χ0) is 14.5. The summed E-state index contributed by atoms with van der Waals surface area (Å²) in [5.74, 6) is -1.13. The summed E-state index contributed by atoms with van der Waals surface area (Å²) in [4.78, 5) is 33.3. The van der Waals surface area contributed by atoms with Crippen molar-refractivity contribution < 1.29 is 14.7 Å². The van der Waals surface area contributed by atoms with Crippen molar-refractivity contribution in [3.8, 4) is 0 Å². The number of rotatable bonds is 5. The van der Waals surface area contributed by atoms with Crippen molar-refractivity contribution in [2.45, 2.75) is 12.5 Å². The molecule has 0 saturated heterocycles. The van der Waals surface area contributed by atoms with Gasteiger partial charge in [-0.2, -0.15) is 0 Å². The standard InChI is InChI=1S/C10H10BrN5O3S/c11-7-3-13-10(20-7)16-9(19)15-6(8(17)18)1-5-2-12-4-14-5/h2-4,6H,1H2,(H,12,14)(H,17,18)(H2,13,15,16,19)/t6-/m1/s1. The van der Waals surface area contributed by atoms with Crippen LogP contribution >= 0.6 is 27.3 Å². The third kappa shape index (κ3) is 4.03. The lowest BCUT2D eigenvalue weighted by atomic mass is 10.2. The van der Waals surface area contributed by atoms with Gasteiger partial charge in [0.1, 0.15) is 6.04 Å². The van der Waals surface area contributed by atoms with E-state index >= 15 is 0 Å². The Morgan fingerprint density at radius 3 is 2.85 bits per heavy atom. The van der Waals surface area contributed by atoms with E-state index in [1.165, 1.54) is 23.9 Å². The maximum atomic E-state index is 11.7. The molecule has 0 bridgehead atoms. The summed E-state index contributed by atoms with van der Waals surface area (Å²) in [5, 5.41) is 14.3. The summed E-state index contributed by atoms with van der Waals surface area (Å²) in [6.07, 6.45) is 4.61. The highest BCUT2D eigenvalue weighted by molar-refractivity contribution is 9.11. The van der Waals surface area contributed by atoms with Crippen LogP contribution in [0.15, 0.2) is 22.5 Å². The van der Waals surface area contributed by atoms with Gasteiger partial charge in [0.25, 0.3) is 0 Å². The average Bonchev–Trinajstić information content (AvgIpc) is 3.00. The minimum atomic E-state index is -1.13. The number of carbonyl (C=O) groups is 2. The molecule has 8 nitrogen and oxygen atoms in total. The number of aromatic amines is 1. The van der Waals surface area contributed by atoms with Crippen molar-refractivity contribution in [3.05, 3.63) is 28.2 Å². The third-order valence-corrected chi connectivity index (χ3v) is 3.67. The van der Waals surface area contributed by atoms with Crippen LogP contribution in [0.2, 0.25) is 0 Å². The molecule has 0 radical (unpaired) electrons. The van der Waals surface area contributed by atoms with Gasteiger partial charge in [-0.3, -0.25) is 5.32 Å². The number of H-pyrrole nitrogens is 1. The minimum absolute atomic E-state index is 0.115. The Labute approximate surface area is 125 Å². The summed E-state index contributed by atoms with van der Waals surface area (Å²) in [7, 11) is 0. The fourth-order valence-corrected chi connectivity index (χ4v) is 2.52. The molecule has 2 amide bonds. The molecule has 20 heavy (non-hydrogen) atoms. The number of carboxylic acid groups (broad SMARTS) is 1. The average molecular weight is 360 g/mol. The Kier molecular flexibility index (Phi) is 4.69. The van der Waals surface area contributed by atoms with E-state index in [-0.39, 0.29) is 6.42 Å². The van der Waals surface area contributed by atoms with E-state index in [2.05, 4.69) is 41.5 Å². The van der Waals surface area contributed by atoms with Crippen LogP contribution < -0.4 is 10.6 Å². The number of aromatic nitrogens is 3. The van der Waals surface area contributed by atoms with Crippen LogP contribution in [0, 0.1) is 0 Å². The quantitative estimate of drug-likeness (QED) is 0.643. The van der Waals surface area contributed by atoms with Gasteiger partial charge in [0.15, 0.2) is 5.13 Å². The van der Waals surface area contributed by atoms with Crippen LogP contribution in [0.5, 0.6) is 0 Å². The second kappa shape index (κ2) is 6.48. The minimum Gasteiger partial charge on any atom is -0.480 e. The predicted octanol–water partition coefficient (Wildman–Crippen LogP) is 1.45. The Bertz CT molecular complexity index is 600. The van der Waals surface area contributed by atoms with Crippen LogP contribution in [0.1, 0.15) is 5.69 Å². The molecular formula is C10H10BrN5O3S. The molecule has 106 valence electrons. The summed E-state index contributed by atoms with van der Waals surface area (Å²) in [6.45, 7) is 0. The molecule has 0 fully saturated rings. The molecule has 1 atom stereocenters. The first-order valence-corrected chi connectivity index (χ1v) is 7.04. The maximum Gasteiger partial charge on any atom is 0.326 e. The van der Waals surface area contributed by atoms with Crippen LogP contribution in [0.4, 0.5) is 9.93 Å². The summed E-state index contributed by atoms with van der Waals surface area (Å²) < 4.78 is 0.764. The van der Waals surface area contributed by atoms with Gasteiger partial charge in [0, 0.05) is 18.3 Å². The number of nitrogens with one attached hydrogen (secondary N) is 3. The number of thiazole rings is 1. The SMILES string of the molecule is O=C(Nc1ncc(Br)s1)N[C@H](Cc1cnc[nH]1)C(=O)O. The smallest absolute Gasteiger partial charge is 0.326 e. The number of amides is 2. The number of carboxylic acids is 1. The number of anilines is 1. The van der Waals surface area contributed by atoms with Crippen molar-refractivity contribution in [2.24, 2.45) is 0 Å². The summed E-state index contributed by atoms with van der Waals surface area (Å²) in [5.41, 5.74) is 0.620. The zero-order valence-corrected chi connectivity index (χ0v) is 12.4. The highest BCUT2D eigenvalue weighted by atomic mass is 79.9. The third-order valence-electron chi connectivity index (χ3n) is 2.28. The van der Waals surface area contributed by atoms with E-state index in [0.29, 0.717) is 10.8 Å². The predicted molar refractivity (Wildman–Crippen MR) is 75.7 cm³/mol. The second-order valence-corrected chi connectivity index (χ2v) is 6.15. The lowest BCUT2D eigenvalue weighted by molar-refractivity contribution is -0.139. The van der Waals surface area contributed by atoms with Crippen LogP contribution in [0.25, 0.3) is 0 Å². The van der Waals surface area contributed by atoms with Crippen molar-refractivity contribution in [1.82, 2.24) is 20.3 Å². The lowest BCUT2D eigenvalue weighted by Gasteiger charge is -2.13. The van der Waals surface area contributed by atoms with Gasteiger partial charge < -0.3 is 15.4 Å². The highest BCUT2D eigenvalue weighted by Crippen LogP contribution is 2.22. The maximum absolute atomic E-state index is 11.7. The number of nitrogens with zero attached hydrogens (tertiary/aromatic N) is 2. The molecule has 2 rings (SSSR count). The molecular weight excluding hydrogens is 350 g/mol. The number of carbonyl (C=O) groups excluding carboxylic acids is 1. The van der Waals surface area contributed by atoms with E-state index in [9.17, 15) is 9.59 Å². The first kappa shape index (κ1) is 14.5. The normalized spacial score (nSPS) is 11.8. The highest BCUT2D eigenvalue weighted by Gasteiger charge is 2.21. The van der Waals surface area contributed by atoms with Gasteiger partial charge in [0.05, 0.1) is 16.3 Å². The topological polar surface area (TPSA) is 120 Å². The second-order valence-electron chi connectivity index (χ2n) is 3.74. The first-order valence-electron chi connectivity index (χ1n) is 5.43. The molecule has 0 aliphatic rings. The number of urea groups is 1. The zero-order valence-electron chi connectivity index (χ0n) is 9.96. The van der Waals surface area contributed by atoms with E-state index in [4.69, 9.17) is 5.11 Å². The van der Waals surface area contributed by atoms with Gasteiger partial charge in [-0.25, -0.2) is 19.6 Å². The molecule has 4 N–H and O–H groups in total. The fraction of sp³-hybridized carbons (Fsp3) is 0.200. The molecule has 2 aromatic heterocycles. The molecule has 0 spiro atoms. The van der Waals surface area contributed by atoms with E-state index in [1.807, 2.05) is 0 Å². The Morgan fingerprint density at radius 2 is 2.30 bits per heavy atom. The van der Waals surface area contributed by atoms with Gasteiger partial charge in [-0.15, -0.1) is 0 Å². The number of aliphatic carboxylic acids is 1. The molecule has 2 heterocycles. The van der Waals surface area contributed by atoms with Gasteiger partial charge in [-0.1, -0.05) is 11.3 Å². The summed E-state index contributed by atoms with van der Waals surface area (Å²) in [6, 6.07) is -1.68. The van der Waals surface area contributed by atoms with Crippen molar-refractivity contribution in [2.75, 3.05) is 5.32 Å². The molecule has 0 aliphatic heterocycles. The van der Waals surface area contributed by atoms with Gasteiger partial charge in [0.2, 0.25) is 0 Å². The van der Waals surface area contributed by atoms with E-state index < -0.39 is 18.0 Å². The number of imidazole rings is 1. The van der Waals surface area contributed by atoms with E-state index in [0.717, 1.165) is 3.79 Å². The molecule has 0 unspecified atom stereocenters. The Morgan fingerprint density at radius 1 is 1.50 bits per heavy atom. The number of halogens is 1. The number of hydrogen-bond donors (Lipinski definition) is 4. The summed E-state index contributed by atoms with van der Waals surface area (Å²) >= 11 is 4.44. The molecule has 2 aromatic rings. The van der Waals surface area contributed by atoms with Gasteiger partial charge >= 0.3 is 12.0 Å². The van der Waals surface area contributed by atoms with E-state index in [1.54, 1.807) is 6.20 Å². The van der Waals surface area contributed by atoms with Crippen molar-refractivity contribution >= 4 is 44.4 Å². The monoisotopic (exact) mass is 359 g/mol. The van der Waals surface area contributed by atoms with Crippen LogP contribution in [-0.2, 0) is 11.2 Å². The Hall–Kier alpha value is -1.94. The van der Waals surface area contributed by atoms with Gasteiger partial charge in [-0.05, 0) is 15.9 Å². The first-order chi connectivity index (χ1) is 9.54. The Balaban J connectivity index is 1.94. The molecule has 0 aromatic carbocycles. The lowest BCUT2D eigenvalue weighted by Crippen LogP contribution is -2.44. The van der Waals surface area contributed by atoms with Crippen molar-refractivity contribution in [1.29, 1.82) is 0 Å². The largest absolute Gasteiger partial charge is 0.480 e.